The van der Waals surface area contributed by atoms with E-state index in [1.165, 1.54) is 11.2 Å². The third-order valence-electron chi connectivity index (χ3n) is 2.93. The zero-order chi connectivity index (χ0) is 15.9. The van der Waals surface area contributed by atoms with Crippen LogP contribution in [0.5, 0.6) is 0 Å². The number of aryl methyl sites for hydroxylation is 1. The Balaban J connectivity index is 2.35. The summed E-state index contributed by atoms with van der Waals surface area (Å²) in [5, 5.41) is 20.7. The van der Waals surface area contributed by atoms with Crippen molar-refractivity contribution >= 4 is 23.1 Å². The second kappa shape index (κ2) is 6.86. The molecule has 0 spiro atoms. The number of nitrogens with zero attached hydrogens (tertiary/aromatic N) is 6. The van der Waals surface area contributed by atoms with Crippen LogP contribution in [0.2, 0.25) is 0 Å². The Bertz CT molecular complexity index is 727. The average molecular weight is 294 g/mol. The van der Waals surface area contributed by atoms with Gasteiger partial charge in [0.15, 0.2) is 11.6 Å². The van der Waals surface area contributed by atoms with E-state index in [2.05, 4.69) is 20.3 Å². The number of nitrogens with two attached hydrogens (primary N) is 1. The molecule has 2 heterocycles. The molecule has 0 radical (unpaired) electrons. The van der Waals surface area contributed by atoms with E-state index >= 15 is 0 Å². The predicted molar refractivity (Wildman–Crippen MR) is 82.1 cm³/mol. The molecule has 110 valence electrons. The summed E-state index contributed by atoms with van der Waals surface area (Å²) in [6.45, 7) is 1.93. The van der Waals surface area contributed by atoms with Crippen LogP contribution in [0.15, 0.2) is 24.7 Å². The molecule has 0 aliphatic carbocycles. The first-order chi connectivity index (χ1) is 10.7. The minimum atomic E-state index is 0.0107. The van der Waals surface area contributed by atoms with Crippen LogP contribution in [0.25, 0.3) is 0 Å². The Hall–Kier alpha value is -3.39. The third-order valence-corrected chi connectivity index (χ3v) is 2.93. The maximum atomic E-state index is 8.85. The minimum Gasteiger partial charge on any atom is -0.393 e. The van der Waals surface area contributed by atoms with Gasteiger partial charge in [-0.1, -0.05) is 6.07 Å². The first-order valence-electron chi connectivity index (χ1n) is 6.45. The van der Waals surface area contributed by atoms with Crippen LogP contribution in [-0.4, -0.2) is 28.0 Å². The lowest BCUT2D eigenvalue weighted by Gasteiger charge is -2.20. The summed E-state index contributed by atoms with van der Waals surface area (Å²) in [5.74, 6) is 1.35. The quantitative estimate of drug-likeness (QED) is 0.791. The molecule has 0 bridgehead atoms. The lowest BCUT2D eigenvalue weighted by Crippen LogP contribution is -2.26. The molecule has 8 nitrogen and oxygen atoms in total. The topological polar surface area (TPSA) is 128 Å². The molecule has 3 N–H and O–H groups in total. The van der Waals surface area contributed by atoms with Crippen molar-refractivity contribution in [3.8, 4) is 12.1 Å². The van der Waals surface area contributed by atoms with Gasteiger partial charge in [0.25, 0.3) is 0 Å². The van der Waals surface area contributed by atoms with Gasteiger partial charge in [0, 0.05) is 6.20 Å². The van der Waals surface area contributed by atoms with Crippen LogP contribution in [0.3, 0.4) is 0 Å². The minimum absolute atomic E-state index is 0.0107. The Kier molecular flexibility index (Phi) is 4.68. The summed E-state index contributed by atoms with van der Waals surface area (Å²) in [5.41, 5.74) is 7.27. The normalized spacial score (nSPS) is 9.59. The molecule has 0 atom stereocenters. The molecule has 0 fully saturated rings. The molecular formula is C14H14N8. The molecule has 0 amide bonds. The van der Waals surface area contributed by atoms with Crippen molar-refractivity contribution in [2.45, 2.75) is 6.92 Å². The van der Waals surface area contributed by atoms with Gasteiger partial charge in [0.2, 0.25) is 0 Å². The monoisotopic (exact) mass is 294 g/mol. The lowest BCUT2D eigenvalue weighted by atomic mass is 10.3. The average Bonchev–Trinajstić information content (AvgIpc) is 2.51. The number of pyridine rings is 1. The van der Waals surface area contributed by atoms with Gasteiger partial charge in [0.1, 0.15) is 30.9 Å². The molecular weight excluding hydrogens is 280 g/mol. The highest BCUT2D eigenvalue weighted by atomic mass is 15.2. The number of nitrogen functional groups attached to an aromatic ring is 1. The highest BCUT2D eigenvalue weighted by molar-refractivity contribution is 5.78. The number of anilines is 4. The summed E-state index contributed by atoms with van der Waals surface area (Å²) in [7, 11) is 0. The van der Waals surface area contributed by atoms with Crippen molar-refractivity contribution < 1.29 is 0 Å². The van der Waals surface area contributed by atoms with Crippen molar-refractivity contribution in [1.82, 2.24) is 15.0 Å². The number of hydrogen-bond acceptors (Lipinski definition) is 8. The summed E-state index contributed by atoms with van der Waals surface area (Å²) < 4.78 is 0. The Morgan fingerprint density at radius 1 is 1.18 bits per heavy atom. The zero-order valence-electron chi connectivity index (χ0n) is 12.0. The van der Waals surface area contributed by atoms with Gasteiger partial charge >= 0.3 is 0 Å². The molecule has 0 saturated heterocycles. The smallest absolute Gasteiger partial charge is 0.160 e. The van der Waals surface area contributed by atoms with Gasteiger partial charge in [-0.25, -0.2) is 15.0 Å². The van der Waals surface area contributed by atoms with Crippen LogP contribution >= 0.6 is 0 Å². The first kappa shape index (κ1) is 15.0. The molecule has 0 aliphatic rings. The van der Waals surface area contributed by atoms with E-state index < -0.39 is 0 Å². The summed E-state index contributed by atoms with van der Waals surface area (Å²) >= 11 is 0. The van der Waals surface area contributed by atoms with Gasteiger partial charge in [-0.3, -0.25) is 0 Å². The molecule has 0 saturated carbocycles. The Morgan fingerprint density at radius 3 is 2.55 bits per heavy atom. The number of nitriles is 2. The van der Waals surface area contributed by atoms with Crippen molar-refractivity contribution in [3.63, 3.8) is 0 Å². The fourth-order valence-electron chi connectivity index (χ4n) is 1.84. The summed E-state index contributed by atoms with van der Waals surface area (Å²) in [6.07, 6.45) is 2.99. The van der Waals surface area contributed by atoms with E-state index in [4.69, 9.17) is 16.3 Å². The fraction of sp³-hybridized carbons (Fsp3) is 0.214. The highest BCUT2D eigenvalue weighted by Gasteiger charge is 2.15. The number of aromatic nitrogens is 3. The maximum Gasteiger partial charge on any atom is 0.160 e. The standard InChI is InChI=1S/C14H14N8/c1-10-3-2-6-18-12(10)21-13-11(17)14(20-9-19-13)22(7-4-15)8-5-16/h2-3,6,9H,7-8,17H2,1H3,(H,18,19,20,21). The van der Waals surface area contributed by atoms with Crippen LogP contribution in [0.4, 0.5) is 23.1 Å². The van der Waals surface area contributed by atoms with Crippen molar-refractivity contribution in [3.05, 3.63) is 30.2 Å². The van der Waals surface area contributed by atoms with Gasteiger partial charge < -0.3 is 16.0 Å². The van der Waals surface area contributed by atoms with Gasteiger partial charge in [0.05, 0.1) is 12.1 Å². The summed E-state index contributed by atoms with van der Waals surface area (Å²) in [6, 6.07) is 7.70. The molecule has 2 aromatic rings. The largest absolute Gasteiger partial charge is 0.393 e. The molecule has 0 aromatic carbocycles. The Morgan fingerprint density at radius 2 is 1.91 bits per heavy atom. The fourth-order valence-corrected chi connectivity index (χ4v) is 1.84. The molecule has 22 heavy (non-hydrogen) atoms. The molecule has 2 rings (SSSR count). The van der Waals surface area contributed by atoms with Crippen molar-refractivity contribution in [2.75, 3.05) is 29.0 Å². The van der Waals surface area contributed by atoms with E-state index in [-0.39, 0.29) is 18.8 Å². The SMILES string of the molecule is Cc1cccnc1Nc1ncnc(N(CC#N)CC#N)c1N. The molecule has 0 aliphatic heterocycles. The van der Waals surface area contributed by atoms with E-state index in [9.17, 15) is 0 Å². The van der Waals surface area contributed by atoms with E-state index in [1.54, 1.807) is 6.20 Å². The lowest BCUT2D eigenvalue weighted by molar-refractivity contribution is 0.929. The highest BCUT2D eigenvalue weighted by Crippen LogP contribution is 2.28. The molecule has 0 unspecified atom stereocenters. The van der Waals surface area contributed by atoms with Crippen molar-refractivity contribution in [2.24, 2.45) is 0 Å². The number of nitrogens with one attached hydrogen (secondary N) is 1. The Labute approximate surface area is 127 Å². The second-order valence-corrected chi connectivity index (χ2v) is 4.43. The first-order valence-corrected chi connectivity index (χ1v) is 6.45. The second-order valence-electron chi connectivity index (χ2n) is 4.43. The van der Waals surface area contributed by atoms with Crippen LogP contribution < -0.4 is 16.0 Å². The van der Waals surface area contributed by atoms with Crippen LogP contribution in [0, 0.1) is 29.6 Å². The van der Waals surface area contributed by atoms with Crippen LogP contribution in [-0.2, 0) is 0 Å². The van der Waals surface area contributed by atoms with E-state index in [1.807, 2.05) is 31.2 Å². The molecule has 2 aromatic heterocycles. The van der Waals surface area contributed by atoms with Gasteiger partial charge in [-0.05, 0) is 18.6 Å². The maximum absolute atomic E-state index is 8.85. The summed E-state index contributed by atoms with van der Waals surface area (Å²) in [4.78, 5) is 13.9. The number of rotatable bonds is 5. The zero-order valence-corrected chi connectivity index (χ0v) is 12.0. The molecule has 8 heteroatoms. The van der Waals surface area contributed by atoms with Gasteiger partial charge in [-0.2, -0.15) is 10.5 Å². The van der Waals surface area contributed by atoms with Crippen LogP contribution in [0.1, 0.15) is 5.56 Å². The van der Waals surface area contributed by atoms with Gasteiger partial charge in [-0.15, -0.1) is 0 Å². The van der Waals surface area contributed by atoms with E-state index in [0.717, 1.165) is 5.56 Å². The van der Waals surface area contributed by atoms with E-state index in [0.29, 0.717) is 17.5 Å². The van der Waals surface area contributed by atoms with Crippen molar-refractivity contribution in [1.29, 1.82) is 10.5 Å². The number of hydrogen-bond donors (Lipinski definition) is 2. The third kappa shape index (κ3) is 3.19. The predicted octanol–water partition coefficient (Wildman–Crippen LogP) is 1.36.